The Labute approximate surface area is 126 Å². The third-order valence-electron chi connectivity index (χ3n) is 3.15. The van der Waals surface area contributed by atoms with E-state index in [2.05, 4.69) is 4.72 Å². The van der Waals surface area contributed by atoms with Crippen molar-refractivity contribution >= 4 is 27.5 Å². The molecule has 0 aliphatic carbocycles. The molecule has 22 heavy (non-hydrogen) atoms. The summed E-state index contributed by atoms with van der Waals surface area (Å²) in [5.41, 5.74) is -0.238. The van der Waals surface area contributed by atoms with Crippen LogP contribution in [-0.2, 0) is 19.6 Å². The highest BCUT2D eigenvalue weighted by atomic mass is 32.2. The minimum Gasteiger partial charge on any atom is -0.281 e. The molecular weight excluding hydrogens is 314 g/mol. The molecule has 1 aromatic rings. The van der Waals surface area contributed by atoms with Crippen molar-refractivity contribution < 1.29 is 22.9 Å². The molecule has 1 heterocycles. The van der Waals surface area contributed by atoms with E-state index >= 15 is 0 Å². The smallest absolute Gasteiger partial charge is 0.269 e. The standard InChI is InChI=1S/C12H13N3O6S/c16-11-2-1-7-14(11)12(17)8-13-22(20,21)10-5-3-9(4-6-10)15(18)19/h3-6,13H,1-2,7-8H2. The second-order valence-electron chi connectivity index (χ2n) is 4.62. The maximum absolute atomic E-state index is 12.0. The van der Waals surface area contributed by atoms with Gasteiger partial charge in [0.05, 0.1) is 16.4 Å². The van der Waals surface area contributed by atoms with Gasteiger partial charge in [-0.25, -0.2) is 13.1 Å². The lowest BCUT2D eigenvalue weighted by atomic mass is 10.3. The molecule has 9 nitrogen and oxygen atoms in total. The topological polar surface area (TPSA) is 127 Å². The number of nitrogens with zero attached hydrogens (tertiary/aromatic N) is 2. The van der Waals surface area contributed by atoms with Crippen molar-refractivity contribution in [3.8, 4) is 0 Å². The van der Waals surface area contributed by atoms with Crippen molar-refractivity contribution in [3.05, 3.63) is 34.4 Å². The third-order valence-corrected chi connectivity index (χ3v) is 4.56. The van der Waals surface area contributed by atoms with E-state index in [1.807, 2.05) is 0 Å². The molecule has 1 saturated heterocycles. The zero-order valence-electron chi connectivity index (χ0n) is 11.4. The highest BCUT2D eigenvalue weighted by Crippen LogP contribution is 2.15. The predicted molar refractivity (Wildman–Crippen MR) is 74.2 cm³/mol. The number of nitrogens with one attached hydrogen (secondary N) is 1. The number of sulfonamides is 1. The van der Waals surface area contributed by atoms with Crippen molar-refractivity contribution in [2.24, 2.45) is 0 Å². The second kappa shape index (κ2) is 6.20. The Kier molecular flexibility index (Phi) is 4.52. The highest BCUT2D eigenvalue weighted by molar-refractivity contribution is 7.89. The Bertz CT molecular complexity index is 713. The van der Waals surface area contributed by atoms with Crippen molar-refractivity contribution in [3.63, 3.8) is 0 Å². The number of hydrogen-bond donors (Lipinski definition) is 1. The number of non-ortho nitro benzene ring substituents is 1. The molecule has 1 N–H and O–H groups in total. The van der Waals surface area contributed by atoms with E-state index in [1.54, 1.807) is 0 Å². The van der Waals surface area contributed by atoms with Crippen LogP contribution < -0.4 is 4.72 Å². The summed E-state index contributed by atoms with van der Waals surface area (Å²) in [5, 5.41) is 10.5. The third kappa shape index (κ3) is 3.46. The summed E-state index contributed by atoms with van der Waals surface area (Å²) in [6, 6.07) is 4.26. The quantitative estimate of drug-likeness (QED) is 0.600. The molecule has 118 valence electrons. The number of carbonyl (C=O) groups excluding carboxylic acids is 2. The van der Waals surface area contributed by atoms with Gasteiger partial charge in [-0.1, -0.05) is 0 Å². The maximum Gasteiger partial charge on any atom is 0.269 e. The molecule has 2 amide bonds. The van der Waals surface area contributed by atoms with E-state index in [9.17, 15) is 28.1 Å². The van der Waals surface area contributed by atoms with Gasteiger partial charge >= 0.3 is 0 Å². The fourth-order valence-electron chi connectivity index (χ4n) is 1.99. The minimum atomic E-state index is -3.98. The molecule has 1 fully saturated rings. The van der Waals surface area contributed by atoms with Crippen LogP contribution in [0, 0.1) is 10.1 Å². The van der Waals surface area contributed by atoms with Crippen molar-refractivity contribution in [1.82, 2.24) is 9.62 Å². The largest absolute Gasteiger partial charge is 0.281 e. The van der Waals surface area contributed by atoms with Crippen LogP contribution in [0.2, 0.25) is 0 Å². The summed E-state index contributed by atoms with van der Waals surface area (Å²) >= 11 is 0. The molecule has 1 aromatic carbocycles. The fraction of sp³-hybridized carbons (Fsp3) is 0.333. The summed E-state index contributed by atoms with van der Waals surface area (Å²) < 4.78 is 26.0. The summed E-state index contributed by atoms with van der Waals surface area (Å²) in [7, 11) is -3.98. The second-order valence-corrected chi connectivity index (χ2v) is 6.39. The number of benzene rings is 1. The summed E-state index contributed by atoms with van der Waals surface area (Å²) in [6.45, 7) is -0.248. The van der Waals surface area contributed by atoms with Gasteiger partial charge in [-0.05, 0) is 18.6 Å². The molecule has 10 heteroatoms. The molecular formula is C12H13N3O6S. The lowest BCUT2D eigenvalue weighted by molar-refractivity contribution is -0.384. The average molecular weight is 327 g/mol. The van der Waals surface area contributed by atoms with Crippen LogP contribution in [-0.4, -0.2) is 43.1 Å². The molecule has 2 rings (SSSR count). The Hall–Kier alpha value is -2.33. The molecule has 0 unspecified atom stereocenters. The van der Waals surface area contributed by atoms with Gasteiger partial charge in [0.25, 0.3) is 5.69 Å². The molecule has 0 bridgehead atoms. The van der Waals surface area contributed by atoms with Crippen LogP contribution in [0.4, 0.5) is 5.69 Å². The number of nitro benzene ring substituents is 1. The van der Waals surface area contributed by atoms with Gasteiger partial charge in [0.15, 0.2) is 0 Å². The molecule has 1 aliphatic rings. The first-order chi connectivity index (χ1) is 10.3. The first-order valence-corrected chi connectivity index (χ1v) is 7.87. The van der Waals surface area contributed by atoms with Gasteiger partial charge < -0.3 is 0 Å². The Morgan fingerprint density at radius 1 is 1.32 bits per heavy atom. The lowest BCUT2D eigenvalue weighted by Gasteiger charge is -2.14. The first-order valence-electron chi connectivity index (χ1n) is 6.38. The Balaban J connectivity index is 2.03. The zero-order valence-corrected chi connectivity index (χ0v) is 12.2. The van der Waals surface area contributed by atoms with E-state index in [1.165, 1.54) is 0 Å². The number of carbonyl (C=O) groups is 2. The summed E-state index contributed by atoms with van der Waals surface area (Å²) in [6.07, 6.45) is 0.848. The van der Waals surface area contributed by atoms with E-state index in [4.69, 9.17) is 0 Å². The number of likely N-dealkylation sites (tertiary alicyclic amines) is 1. The normalized spacial score (nSPS) is 15.1. The number of amides is 2. The number of nitro groups is 1. The van der Waals surface area contributed by atoms with Crippen molar-refractivity contribution in [2.45, 2.75) is 17.7 Å². The van der Waals surface area contributed by atoms with E-state index in [0.29, 0.717) is 6.42 Å². The minimum absolute atomic E-state index is 0.196. The average Bonchev–Trinajstić information content (AvgIpc) is 2.91. The lowest BCUT2D eigenvalue weighted by Crippen LogP contribution is -2.40. The molecule has 0 aromatic heterocycles. The monoisotopic (exact) mass is 327 g/mol. The van der Waals surface area contributed by atoms with Gasteiger partial charge in [-0.3, -0.25) is 24.6 Å². The van der Waals surface area contributed by atoms with Gasteiger partial charge in [0, 0.05) is 25.1 Å². The van der Waals surface area contributed by atoms with Crippen molar-refractivity contribution in [2.75, 3.05) is 13.1 Å². The number of imide groups is 1. The molecule has 1 aliphatic heterocycles. The SMILES string of the molecule is O=C1CCCN1C(=O)CNS(=O)(=O)c1ccc([N+](=O)[O-])cc1. The van der Waals surface area contributed by atoms with Crippen LogP contribution >= 0.6 is 0 Å². The van der Waals surface area contributed by atoms with E-state index < -0.39 is 27.4 Å². The van der Waals surface area contributed by atoms with E-state index in [-0.39, 0.29) is 29.5 Å². The van der Waals surface area contributed by atoms with Gasteiger partial charge in [0.1, 0.15) is 0 Å². The molecule has 0 radical (unpaired) electrons. The first kappa shape index (κ1) is 16.0. The predicted octanol–water partition coefficient (Wildman–Crippen LogP) is 0.0221. The van der Waals surface area contributed by atoms with Crippen LogP contribution in [0.1, 0.15) is 12.8 Å². The number of rotatable bonds is 5. The van der Waals surface area contributed by atoms with Crippen LogP contribution in [0.3, 0.4) is 0 Å². The molecule has 0 spiro atoms. The Morgan fingerprint density at radius 3 is 2.45 bits per heavy atom. The van der Waals surface area contributed by atoms with Crippen LogP contribution in [0.25, 0.3) is 0 Å². The maximum atomic E-state index is 12.0. The zero-order chi connectivity index (χ0) is 16.3. The Morgan fingerprint density at radius 2 is 1.95 bits per heavy atom. The van der Waals surface area contributed by atoms with Crippen molar-refractivity contribution in [1.29, 1.82) is 0 Å². The molecule has 0 saturated carbocycles. The summed E-state index contributed by atoms with van der Waals surface area (Å²) in [5.74, 6) is -0.937. The van der Waals surface area contributed by atoms with E-state index in [0.717, 1.165) is 29.2 Å². The van der Waals surface area contributed by atoms with Crippen LogP contribution in [0.5, 0.6) is 0 Å². The molecule has 0 atom stereocenters. The van der Waals surface area contributed by atoms with Gasteiger partial charge in [-0.15, -0.1) is 0 Å². The highest BCUT2D eigenvalue weighted by Gasteiger charge is 2.27. The number of hydrogen-bond acceptors (Lipinski definition) is 6. The van der Waals surface area contributed by atoms with Gasteiger partial charge in [-0.2, -0.15) is 0 Å². The fourth-order valence-corrected chi connectivity index (χ4v) is 2.97. The van der Waals surface area contributed by atoms with Gasteiger partial charge in [0.2, 0.25) is 21.8 Å². The van der Waals surface area contributed by atoms with Crippen LogP contribution in [0.15, 0.2) is 29.2 Å². The summed E-state index contributed by atoms with van der Waals surface area (Å²) in [4.78, 5) is 33.8.